The van der Waals surface area contributed by atoms with Crippen molar-refractivity contribution in [2.45, 2.75) is 38.5 Å². The summed E-state index contributed by atoms with van der Waals surface area (Å²) >= 11 is 0. The van der Waals surface area contributed by atoms with Crippen molar-refractivity contribution in [2.24, 2.45) is 11.8 Å². The molecule has 1 saturated heterocycles. The molecule has 1 saturated carbocycles. The highest BCUT2D eigenvalue weighted by Gasteiger charge is 2.43. The van der Waals surface area contributed by atoms with E-state index in [4.69, 9.17) is 9.26 Å². The summed E-state index contributed by atoms with van der Waals surface area (Å²) in [4.78, 5) is 15.1. The van der Waals surface area contributed by atoms with Gasteiger partial charge in [0.2, 0.25) is 0 Å². The minimum atomic E-state index is -0.197. The van der Waals surface area contributed by atoms with Gasteiger partial charge in [0.15, 0.2) is 5.69 Å². The van der Waals surface area contributed by atoms with Crippen LogP contribution in [-0.2, 0) is 11.3 Å². The lowest BCUT2D eigenvalue weighted by atomic mass is 9.77. The van der Waals surface area contributed by atoms with Crippen molar-refractivity contribution in [3.05, 3.63) is 53.7 Å². The number of nitrogens with one attached hydrogen (secondary N) is 1. The lowest BCUT2D eigenvalue weighted by Gasteiger charge is -2.37. The lowest BCUT2D eigenvalue weighted by Crippen LogP contribution is -2.50. The van der Waals surface area contributed by atoms with Gasteiger partial charge in [-0.15, -0.1) is 0 Å². The number of hydrogen-bond acceptors (Lipinski definition) is 6. The standard InChI is InChI=1S/C22H27N5O3/c1-14-8-20(25-30-14)22(28)24-19-9-15-11-26(12-16(15)10-21(19)29-2)13-18-5-3-4-17-6-7-23-27(17)18/h3-8,15-16,19,21H,9-13H2,1-2H3,(H,24,28)/t15-,16+,19-,21-/m0/s1. The van der Waals surface area contributed by atoms with Gasteiger partial charge in [-0.2, -0.15) is 5.10 Å². The van der Waals surface area contributed by atoms with Crippen LogP contribution >= 0.6 is 0 Å². The van der Waals surface area contributed by atoms with Gasteiger partial charge in [0.25, 0.3) is 5.91 Å². The second kappa shape index (κ2) is 7.85. The monoisotopic (exact) mass is 409 g/mol. The Kier molecular flexibility index (Phi) is 5.04. The van der Waals surface area contributed by atoms with Crippen LogP contribution in [0.1, 0.15) is 34.8 Å². The SMILES string of the molecule is CO[C@H]1C[C@@H]2CN(Cc3cccc4ccnn34)C[C@@H]2C[C@@H]1NC(=O)c1cc(C)on1. The third-order valence-electron chi connectivity index (χ3n) is 6.56. The van der Waals surface area contributed by atoms with Crippen molar-refractivity contribution < 1.29 is 14.1 Å². The predicted octanol–water partition coefficient (Wildman–Crippen LogP) is 2.29. The van der Waals surface area contributed by atoms with Crippen molar-refractivity contribution in [3.8, 4) is 0 Å². The van der Waals surface area contributed by atoms with Gasteiger partial charge in [0, 0.05) is 39.0 Å². The van der Waals surface area contributed by atoms with E-state index in [9.17, 15) is 4.79 Å². The number of ether oxygens (including phenoxy) is 1. The maximum Gasteiger partial charge on any atom is 0.273 e. The summed E-state index contributed by atoms with van der Waals surface area (Å²) in [5.74, 6) is 1.55. The predicted molar refractivity (Wildman–Crippen MR) is 110 cm³/mol. The molecular formula is C22H27N5O3. The number of amides is 1. The molecule has 30 heavy (non-hydrogen) atoms. The van der Waals surface area contributed by atoms with E-state index in [-0.39, 0.29) is 18.1 Å². The number of fused-ring (bicyclic) bond motifs is 2. The maximum atomic E-state index is 12.6. The van der Waals surface area contributed by atoms with Crippen LogP contribution < -0.4 is 5.32 Å². The van der Waals surface area contributed by atoms with Crippen LogP contribution in [0.3, 0.4) is 0 Å². The fourth-order valence-electron chi connectivity index (χ4n) is 5.12. The zero-order valence-electron chi connectivity index (χ0n) is 17.3. The molecule has 3 aromatic heterocycles. The largest absolute Gasteiger partial charge is 0.379 e. The zero-order valence-corrected chi connectivity index (χ0v) is 17.3. The molecule has 1 aliphatic heterocycles. The van der Waals surface area contributed by atoms with Gasteiger partial charge in [-0.25, -0.2) is 4.52 Å². The number of aromatic nitrogens is 3. The summed E-state index contributed by atoms with van der Waals surface area (Å²) in [5.41, 5.74) is 2.64. The Morgan fingerprint density at radius 2 is 2.10 bits per heavy atom. The minimum absolute atomic E-state index is 0.0118. The highest BCUT2D eigenvalue weighted by Crippen LogP contribution is 2.38. The van der Waals surface area contributed by atoms with Gasteiger partial charge in [0.1, 0.15) is 5.76 Å². The Morgan fingerprint density at radius 3 is 2.87 bits per heavy atom. The van der Waals surface area contributed by atoms with E-state index in [0.29, 0.717) is 23.3 Å². The number of carbonyl (C=O) groups is 1. The van der Waals surface area contributed by atoms with Crippen molar-refractivity contribution in [1.82, 2.24) is 25.0 Å². The molecule has 158 valence electrons. The van der Waals surface area contributed by atoms with Gasteiger partial charge in [-0.05, 0) is 49.8 Å². The van der Waals surface area contributed by atoms with Gasteiger partial charge < -0.3 is 14.6 Å². The molecule has 1 aliphatic carbocycles. The molecule has 0 radical (unpaired) electrons. The molecule has 0 unspecified atom stereocenters. The van der Waals surface area contributed by atoms with Gasteiger partial charge >= 0.3 is 0 Å². The molecule has 3 aromatic rings. The maximum absolute atomic E-state index is 12.6. The lowest BCUT2D eigenvalue weighted by molar-refractivity contribution is 0.0123. The van der Waals surface area contributed by atoms with Crippen LogP contribution in [0.2, 0.25) is 0 Å². The summed E-state index contributed by atoms with van der Waals surface area (Å²) in [6.07, 6.45) is 3.72. The topological polar surface area (TPSA) is 84.9 Å². The average molecular weight is 409 g/mol. The first kappa shape index (κ1) is 19.3. The fourth-order valence-corrected chi connectivity index (χ4v) is 5.12. The van der Waals surface area contributed by atoms with E-state index in [1.165, 1.54) is 5.69 Å². The van der Waals surface area contributed by atoms with Crippen molar-refractivity contribution in [3.63, 3.8) is 0 Å². The summed E-state index contributed by atoms with van der Waals surface area (Å²) in [6, 6.07) is 9.98. The Morgan fingerprint density at radius 1 is 1.27 bits per heavy atom. The summed E-state index contributed by atoms with van der Waals surface area (Å²) in [6.45, 7) is 4.72. The molecule has 8 heteroatoms. The number of rotatable bonds is 5. The molecule has 8 nitrogen and oxygen atoms in total. The third kappa shape index (κ3) is 3.61. The summed E-state index contributed by atoms with van der Waals surface area (Å²) < 4.78 is 12.8. The summed E-state index contributed by atoms with van der Waals surface area (Å²) in [5, 5.41) is 11.4. The molecule has 0 bridgehead atoms. The van der Waals surface area contributed by atoms with Crippen LogP contribution in [0.5, 0.6) is 0 Å². The number of methoxy groups -OCH3 is 1. The van der Waals surface area contributed by atoms with Crippen LogP contribution in [0, 0.1) is 18.8 Å². The van der Waals surface area contributed by atoms with E-state index in [0.717, 1.165) is 38.0 Å². The third-order valence-corrected chi connectivity index (χ3v) is 6.56. The molecule has 0 aromatic carbocycles. The first-order valence-electron chi connectivity index (χ1n) is 10.5. The number of pyridine rings is 1. The van der Waals surface area contributed by atoms with Gasteiger partial charge in [0.05, 0.1) is 23.4 Å². The fraction of sp³-hybridized carbons (Fsp3) is 0.500. The Labute approximate surface area is 175 Å². The zero-order chi connectivity index (χ0) is 20.7. The van der Waals surface area contributed by atoms with E-state index in [1.807, 2.05) is 16.8 Å². The molecule has 1 amide bonds. The molecule has 0 spiro atoms. The molecule has 2 aliphatic rings. The normalized spacial score (nSPS) is 26.7. The van der Waals surface area contributed by atoms with Crippen LogP contribution in [0.15, 0.2) is 41.1 Å². The van der Waals surface area contributed by atoms with Crippen molar-refractivity contribution in [1.29, 1.82) is 0 Å². The second-order valence-corrected chi connectivity index (χ2v) is 8.55. The van der Waals surface area contributed by atoms with Crippen LogP contribution in [-0.4, -0.2) is 57.9 Å². The smallest absolute Gasteiger partial charge is 0.273 e. The first-order valence-corrected chi connectivity index (χ1v) is 10.5. The Hall–Kier alpha value is -2.71. The quantitative estimate of drug-likeness (QED) is 0.696. The highest BCUT2D eigenvalue weighted by molar-refractivity contribution is 5.92. The van der Waals surface area contributed by atoms with E-state index in [1.54, 1.807) is 20.1 Å². The molecule has 1 N–H and O–H groups in total. The molecule has 5 rings (SSSR count). The Bertz CT molecular complexity index is 1040. The van der Waals surface area contributed by atoms with Gasteiger partial charge in [-0.1, -0.05) is 11.2 Å². The van der Waals surface area contributed by atoms with Crippen molar-refractivity contribution >= 4 is 11.4 Å². The van der Waals surface area contributed by atoms with E-state index < -0.39 is 0 Å². The minimum Gasteiger partial charge on any atom is -0.379 e. The summed E-state index contributed by atoms with van der Waals surface area (Å²) in [7, 11) is 1.73. The number of aryl methyl sites for hydroxylation is 1. The molecule has 4 heterocycles. The Balaban J connectivity index is 1.26. The highest BCUT2D eigenvalue weighted by atomic mass is 16.5. The first-order chi connectivity index (χ1) is 14.6. The molecule has 2 fully saturated rings. The number of hydrogen-bond donors (Lipinski definition) is 1. The van der Waals surface area contributed by atoms with E-state index >= 15 is 0 Å². The second-order valence-electron chi connectivity index (χ2n) is 8.55. The molecule has 4 atom stereocenters. The number of likely N-dealkylation sites (tertiary alicyclic amines) is 1. The van der Waals surface area contributed by atoms with Crippen LogP contribution in [0.4, 0.5) is 0 Å². The van der Waals surface area contributed by atoms with Crippen molar-refractivity contribution in [2.75, 3.05) is 20.2 Å². The average Bonchev–Trinajstić information content (AvgIpc) is 3.46. The van der Waals surface area contributed by atoms with Crippen LogP contribution in [0.25, 0.3) is 5.52 Å². The van der Waals surface area contributed by atoms with E-state index in [2.05, 4.69) is 38.7 Å². The molecular weight excluding hydrogens is 382 g/mol. The number of carbonyl (C=O) groups excluding carboxylic acids is 1. The van der Waals surface area contributed by atoms with Gasteiger partial charge in [-0.3, -0.25) is 9.69 Å². The number of nitrogens with zero attached hydrogens (tertiary/aromatic N) is 4.